The molecule has 0 spiro atoms. The molecule has 6 rings (SSSR count). The van der Waals surface area contributed by atoms with Crippen LogP contribution in [0.15, 0.2) is 42.5 Å². The van der Waals surface area contributed by atoms with Crippen LogP contribution in [0.2, 0.25) is 0 Å². The number of para-hydroxylation sites is 1. The van der Waals surface area contributed by atoms with Crippen LogP contribution in [0, 0.1) is 5.92 Å². The number of Topliss-reactive ketones (excluding diaryl/α,β-unsaturated/α-hetero) is 1. The SMILES string of the molecule is O=CN1CCC23CC(=O)CCC2C1Cc1cc(Oc2nnnn2-c2ccccc2)cc(O)c13. The average molecular weight is 445 g/mol. The van der Waals surface area contributed by atoms with Gasteiger partial charge < -0.3 is 14.7 Å². The minimum atomic E-state index is -0.429. The maximum atomic E-state index is 12.5. The minimum Gasteiger partial charge on any atom is -0.507 e. The van der Waals surface area contributed by atoms with Crippen molar-refractivity contribution in [2.75, 3.05) is 6.54 Å². The fourth-order valence-electron chi connectivity index (χ4n) is 6.27. The van der Waals surface area contributed by atoms with E-state index in [9.17, 15) is 14.7 Å². The molecule has 1 saturated carbocycles. The normalized spacial score (nSPS) is 25.8. The van der Waals surface area contributed by atoms with E-state index in [1.165, 1.54) is 4.68 Å². The van der Waals surface area contributed by atoms with Crippen LogP contribution in [-0.2, 0) is 21.4 Å². The molecule has 3 aliphatic rings. The summed E-state index contributed by atoms with van der Waals surface area (Å²) in [6.45, 7) is 0.598. The van der Waals surface area contributed by atoms with Crippen LogP contribution in [0.25, 0.3) is 5.69 Å². The number of hydrogen-bond donors (Lipinski definition) is 1. The molecule has 2 aliphatic carbocycles. The number of ketones is 1. The number of ether oxygens (including phenoxy) is 1. The van der Waals surface area contributed by atoms with Crippen LogP contribution in [-0.4, -0.2) is 55.0 Å². The number of nitrogens with zero attached hydrogens (tertiary/aromatic N) is 5. The predicted molar refractivity (Wildman–Crippen MR) is 116 cm³/mol. The van der Waals surface area contributed by atoms with Gasteiger partial charge in [-0.1, -0.05) is 23.3 Å². The van der Waals surface area contributed by atoms with Crippen LogP contribution in [0.3, 0.4) is 0 Å². The van der Waals surface area contributed by atoms with Gasteiger partial charge in [-0.3, -0.25) is 9.59 Å². The van der Waals surface area contributed by atoms with E-state index in [2.05, 4.69) is 15.5 Å². The van der Waals surface area contributed by atoms with Gasteiger partial charge in [0.1, 0.15) is 17.3 Å². The maximum Gasteiger partial charge on any atom is 0.345 e. The lowest BCUT2D eigenvalue weighted by molar-refractivity contribution is -0.132. The van der Waals surface area contributed by atoms with Gasteiger partial charge in [-0.05, 0) is 59.4 Å². The molecule has 1 saturated heterocycles. The van der Waals surface area contributed by atoms with E-state index in [1.54, 1.807) is 6.07 Å². The Hall–Kier alpha value is -3.75. The predicted octanol–water partition coefficient (Wildman–Crippen LogP) is 2.55. The van der Waals surface area contributed by atoms with Crippen molar-refractivity contribution < 1.29 is 19.4 Å². The molecule has 1 amide bonds. The second kappa shape index (κ2) is 7.40. The number of tetrazole rings is 1. The van der Waals surface area contributed by atoms with Crippen molar-refractivity contribution in [3.8, 4) is 23.2 Å². The molecule has 3 atom stereocenters. The molecule has 9 heteroatoms. The molecule has 9 nitrogen and oxygen atoms in total. The molecule has 168 valence electrons. The van der Waals surface area contributed by atoms with Gasteiger partial charge >= 0.3 is 6.01 Å². The molecule has 2 aromatic carbocycles. The fourth-order valence-corrected chi connectivity index (χ4v) is 6.27. The van der Waals surface area contributed by atoms with E-state index in [1.807, 2.05) is 41.3 Å². The zero-order chi connectivity index (χ0) is 22.6. The van der Waals surface area contributed by atoms with Gasteiger partial charge in [-0.2, -0.15) is 4.68 Å². The number of phenolic OH excluding ortho intramolecular Hbond substituents is 1. The van der Waals surface area contributed by atoms with Crippen molar-refractivity contribution in [1.82, 2.24) is 25.1 Å². The average Bonchev–Trinajstić information content (AvgIpc) is 3.27. The Labute approximate surface area is 190 Å². The van der Waals surface area contributed by atoms with Gasteiger partial charge in [-0.15, -0.1) is 0 Å². The molecule has 1 N–H and O–H groups in total. The number of aromatic nitrogens is 4. The second-order valence-corrected chi connectivity index (χ2v) is 9.17. The summed E-state index contributed by atoms with van der Waals surface area (Å²) in [5.74, 6) is 0.925. The number of amides is 1. The van der Waals surface area contributed by atoms with Crippen molar-refractivity contribution >= 4 is 12.2 Å². The lowest BCUT2D eigenvalue weighted by atomic mass is 9.52. The number of likely N-dealkylation sites (tertiary alicyclic amines) is 1. The third-order valence-corrected chi connectivity index (χ3v) is 7.55. The van der Waals surface area contributed by atoms with Crippen molar-refractivity contribution in [2.24, 2.45) is 5.92 Å². The highest BCUT2D eigenvalue weighted by atomic mass is 16.5. The van der Waals surface area contributed by atoms with Crippen LogP contribution in [0.4, 0.5) is 0 Å². The molecule has 3 unspecified atom stereocenters. The van der Waals surface area contributed by atoms with E-state index in [0.29, 0.717) is 38.0 Å². The second-order valence-electron chi connectivity index (χ2n) is 9.17. The van der Waals surface area contributed by atoms with Crippen LogP contribution in [0.1, 0.15) is 36.8 Å². The van der Waals surface area contributed by atoms with Gasteiger partial charge in [0.25, 0.3) is 0 Å². The largest absolute Gasteiger partial charge is 0.507 e. The first-order chi connectivity index (χ1) is 16.1. The molecule has 2 heterocycles. The lowest BCUT2D eigenvalue weighted by Crippen LogP contribution is -2.61. The van der Waals surface area contributed by atoms with Gasteiger partial charge in [0, 0.05) is 42.5 Å². The highest BCUT2D eigenvalue weighted by Crippen LogP contribution is 2.57. The van der Waals surface area contributed by atoms with Gasteiger partial charge in [0.05, 0.1) is 5.69 Å². The van der Waals surface area contributed by atoms with Crippen LogP contribution in [0.5, 0.6) is 17.5 Å². The Morgan fingerprint density at radius 2 is 2.06 bits per heavy atom. The lowest BCUT2D eigenvalue weighted by Gasteiger charge is -2.57. The summed E-state index contributed by atoms with van der Waals surface area (Å²) in [6, 6.07) is 13.0. The van der Waals surface area contributed by atoms with E-state index in [4.69, 9.17) is 4.74 Å². The maximum absolute atomic E-state index is 12.5. The van der Waals surface area contributed by atoms with E-state index >= 15 is 0 Å². The first kappa shape index (κ1) is 19.9. The van der Waals surface area contributed by atoms with Gasteiger partial charge in [0.15, 0.2) is 0 Å². The van der Waals surface area contributed by atoms with Crippen molar-refractivity contribution in [2.45, 2.75) is 43.6 Å². The van der Waals surface area contributed by atoms with Gasteiger partial charge in [-0.25, -0.2) is 0 Å². The summed E-state index contributed by atoms with van der Waals surface area (Å²) >= 11 is 0. The number of carbonyl (C=O) groups is 2. The summed E-state index contributed by atoms with van der Waals surface area (Å²) < 4.78 is 7.48. The summed E-state index contributed by atoms with van der Waals surface area (Å²) in [6.07, 6.45) is 3.90. The van der Waals surface area contributed by atoms with E-state index in [-0.39, 0.29) is 29.5 Å². The smallest absolute Gasteiger partial charge is 0.345 e. The molecule has 1 aliphatic heterocycles. The van der Waals surface area contributed by atoms with Crippen LogP contribution < -0.4 is 4.74 Å². The zero-order valence-electron chi connectivity index (χ0n) is 17.9. The highest BCUT2D eigenvalue weighted by molar-refractivity contribution is 5.82. The first-order valence-electron chi connectivity index (χ1n) is 11.2. The molecular weight excluding hydrogens is 422 g/mol. The minimum absolute atomic E-state index is 0.0149. The molecule has 33 heavy (non-hydrogen) atoms. The summed E-state index contributed by atoms with van der Waals surface area (Å²) in [5, 5.41) is 22.9. The molecule has 3 aromatic rings. The molecule has 2 fully saturated rings. The standard InChI is InChI=1S/C24H23N5O4/c30-14-28-9-8-24-13-17(31)6-7-19(24)20(28)11-15-10-18(12-21(32)22(15)24)33-23-25-26-27-29(23)16-4-2-1-3-5-16/h1-5,10,12,14,19-20,32H,6-9,11,13H2. The fraction of sp³-hybridized carbons (Fsp3) is 0.375. The first-order valence-corrected chi connectivity index (χ1v) is 11.2. The zero-order valence-corrected chi connectivity index (χ0v) is 17.9. The van der Waals surface area contributed by atoms with Crippen molar-refractivity contribution in [1.29, 1.82) is 0 Å². The Bertz CT molecular complexity index is 1240. The third kappa shape index (κ3) is 3.02. The van der Waals surface area contributed by atoms with E-state index in [0.717, 1.165) is 29.6 Å². The third-order valence-electron chi connectivity index (χ3n) is 7.55. The molecule has 2 bridgehead atoms. The number of rotatable bonds is 4. The number of fused-ring (bicyclic) bond motifs is 1. The molecule has 1 aromatic heterocycles. The highest BCUT2D eigenvalue weighted by Gasteiger charge is 2.56. The Kier molecular flexibility index (Phi) is 4.46. The quantitative estimate of drug-likeness (QED) is 0.615. The number of hydrogen-bond acceptors (Lipinski definition) is 7. The summed E-state index contributed by atoms with van der Waals surface area (Å²) in [5.41, 5.74) is 2.07. The molecular formula is C24H23N5O4. The molecule has 0 radical (unpaired) electrons. The summed E-state index contributed by atoms with van der Waals surface area (Å²) in [4.78, 5) is 26.2. The van der Waals surface area contributed by atoms with Crippen molar-refractivity contribution in [3.05, 3.63) is 53.6 Å². The number of phenols is 1. The Morgan fingerprint density at radius 1 is 1.21 bits per heavy atom. The van der Waals surface area contributed by atoms with Crippen LogP contribution >= 0.6 is 0 Å². The van der Waals surface area contributed by atoms with Crippen molar-refractivity contribution in [3.63, 3.8) is 0 Å². The monoisotopic (exact) mass is 445 g/mol. The number of benzene rings is 2. The van der Waals surface area contributed by atoms with Gasteiger partial charge in [0.2, 0.25) is 6.41 Å². The number of piperidine rings is 1. The Morgan fingerprint density at radius 3 is 2.88 bits per heavy atom. The van der Waals surface area contributed by atoms with E-state index < -0.39 is 5.41 Å². The number of aromatic hydroxyl groups is 1. The Balaban J connectivity index is 1.41. The topological polar surface area (TPSA) is 110 Å². The number of carbonyl (C=O) groups excluding carboxylic acids is 2. The summed E-state index contributed by atoms with van der Waals surface area (Å²) in [7, 11) is 0.